The first-order chi connectivity index (χ1) is 6.08. The smallest absolute Gasteiger partial charge is 0.429 e. The molecule has 1 saturated carbocycles. The van der Waals surface area contributed by atoms with Crippen LogP contribution in [0.5, 0.6) is 0 Å². The van der Waals surface area contributed by atoms with E-state index in [4.69, 9.17) is 27.9 Å². The van der Waals surface area contributed by atoms with Crippen LogP contribution in [0.1, 0.15) is 6.42 Å². The summed E-state index contributed by atoms with van der Waals surface area (Å²) in [7, 11) is 0. The van der Waals surface area contributed by atoms with Crippen molar-refractivity contribution in [2.45, 2.75) is 16.2 Å². The minimum Gasteiger partial charge on any atom is -0.429 e. The summed E-state index contributed by atoms with van der Waals surface area (Å²) in [5.41, 5.74) is -0.183. The summed E-state index contributed by atoms with van der Waals surface area (Å²) in [6, 6.07) is 0. The maximum absolute atomic E-state index is 10.5. The standard InChI is InChI=1S/C7H8Cl2O3S/c8-7(9)1-4(7)3-13-5-2-11-6(10)12-5/h4-5H,1-3H2. The van der Waals surface area contributed by atoms with Crippen LogP contribution in [0.2, 0.25) is 0 Å². The second-order valence-electron chi connectivity index (χ2n) is 3.10. The molecule has 1 aliphatic heterocycles. The van der Waals surface area contributed by atoms with Crippen LogP contribution in [-0.2, 0) is 9.47 Å². The summed E-state index contributed by atoms with van der Waals surface area (Å²) in [5, 5.41) is 0. The maximum Gasteiger partial charge on any atom is 0.509 e. The second kappa shape index (κ2) is 3.41. The maximum atomic E-state index is 10.5. The number of halogens is 2. The van der Waals surface area contributed by atoms with Crippen molar-refractivity contribution in [3.05, 3.63) is 0 Å². The zero-order valence-electron chi connectivity index (χ0n) is 6.66. The van der Waals surface area contributed by atoms with Gasteiger partial charge in [0.1, 0.15) is 10.9 Å². The molecule has 6 heteroatoms. The Labute approximate surface area is 90.0 Å². The van der Waals surface area contributed by atoms with Crippen molar-refractivity contribution in [2.24, 2.45) is 5.92 Å². The van der Waals surface area contributed by atoms with Gasteiger partial charge in [0, 0.05) is 11.7 Å². The summed E-state index contributed by atoms with van der Waals surface area (Å²) in [4.78, 5) is 10.5. The van der Waals surface area contributed by atoms with Crippen molar-refractivity contribution >= 4 is 41.1 Å². The Morgan fingerprint density at radius 2 is 2.31 bits per heavy atom. The third-order valence-electron chi connectivity index (χ3n) is 2.00. The average molecular weight is 243 g/mol. The van der Waals surface area contributed by atoms with Crippen molar-refractivity contribution in [3.63, 3.8) is 0 Å². The minimum absolute atomic E-state index is 0.183. The first kappa shape index (κ1) is 9.74. The number of thioether (sulfide) groups is 1. The van der Waals surface area contributed by atoms with E-state index in [2.05, 4.69) is 4.74 Å². The molecule has 0 aromatic rings. The topological polar surface area (TPSA) is 35.5 Å². The molecule has 0 spiro atoms. The molecule has 0 aromatic heterocycles. The van der Waals surface area contributed by atoms with Crippen molar-refractivity contribution in [2.75, 3.05) is 12.4 Å². The molecular formula is C7H8Cl2O3S. The predicted molar refractivity (Wildman–Crippen MR) is 51.2 cm³/mol. The number of alkyl halides is 2. The molecule has 2 unspecified atom stereocenters. The zero-order valence-corrected chi connectivity index (χ0v) is 8.99. The molecule has 0 aromatic carbocycles. The molecule has 2 rings (SSSR count). The predicted octanol–water partition coefficient (Wildman–Crippen LogP) is 2.41. The van der Waals surface area contributed by atoms with Crippen LogP contribution in [0, 0.1) is 5.92 Å². The Morgan fingerprint density at radius 3 is 2.77 bits per heavy atom. The number of carbonyl (C=O) groups excluding carboxylic acids is 1. The fraction of sp³-hybridized carbons (Fsp3) is 0.857. The molecule has 2 atom stereocenters. The van der Waals surface area contributed by atoms with Crippen molar-refractivity contribution in [1.29, 1.82) is 0 Å². The van der Waals surface area contributed by atoms with Crippen LogP contribution in [0.25, 0.3) is 0 Å². The van der Waals surface area contributed by atoms with E-state index in [-0.39, 0.29) is 5.44 Å². The van der Waals surface area contributed by atoms with E-state index >= 15 is 0 Å². The van der Waals surface area contributed by atoms with Crippen LogP contribution >= 0.6 is 35.0 Å². The van der Waals surface area contributed by atoms with E-state index in [0.717, 1.165) is 12.2 Å². The van der Waals surface area contributed by atoms with Gasteiger partial charge in [-0.25, -0.2) is 4.79 Å². The van der Waals surface area contributed by atoms with E-state index in [1.807, 2.05) is 0 Å². The van der Waals surface area contributed by atoms with E-state index in [1.54, 1.807) is 0 Å². The zero-order chi connectivity index (χ0) is 9.47. The highest BCUT2D eigenvalue weighted by Gasteiger charge is 2.51. The highest BCUT2D eigenvalue weighted by atomic mass is 35.5. The summed E-state index contributed by atoms with van der Waals surface area (Å²) < 4.78 is 8.90. The molecule has 74 valence electrons. The SMILES string of the molecule is O=C1OCC(SCC2CC2(Cl)Cl)O1. The normalized spacial score (nSPS) is 35.4. The number of ether oxygens (including phenoxy) is 2. The van der Waals surface area contributed by atoms with Crippen LogP contribution in [0.3, 0.4) is 0 Å². The highest BCUT2D eigenvalue weighted by Crippen LogP contribution is 2.54. The number of rotatable bonds is 3. The molecule has 13 heavy (non-hydrogen) atoms. The van der Waals surface area contributed by atoms with Gasteiger partial charge in [0.05, 0.1) is 0 Å². The lowest BCUT2D eigenvalue weighted by molar-refractivity contribution is 0.129. The Morgan fingerprint density at radius 1 is 1.62 bits per heavy atom. The molecule has 0 amide bonds. The van der Waals surface area contributed by atoms with Gasteiger partial charge >= 0.3 is 6.16 Å². The van der Waals surface area contributed by atoms with Crippen LogP contribution < -0.4 is 0 Å². The largest absolute Gasteiger partial charge is 0.509 e. The third kappa shape index (κ3) is 2.36. The van der Waals surface area contributed by atoms with Gasteiger partial charge in [-0.1, -0.05) is 0 Å². The summed E-state index contributed by atoms with van der Waals surface area (Å²) in [6.07, 6.45) is 0.237. The van der Waals surface area contributed by atoms with Gasteiger partial charge in [-0.2, -0.15) is 0 Å². The lowest BCUT2D eigenvalue weighted by Crippen LogP contribution is -2.06. The first-order valence-electron chi connectivity index (χ1n) is 3.91. The van der Waals surface area contributed by atoms with Crippen molar-refractivity contribution in [3.8, 4) is 0 Å². The molecule has 2 fully saturated rings. The molecule has 0 radical (unpaired) electrons. The average Bonchev–Trinajstić information content (AvgIpc) is 2.45. The van der Waals surface area contributed by atoms with Gasteiger partial charge in [0.25, 0.3) is 0 Å². The van der Waals surface area contributed by atoms with Crippen LogP contribution in [0.15, 0.2) is 0 Å². The van der Waals surface area contributed by atoms with Gasteiger partial charge in [-0.05, 0) is 6.42 Å². The number of hydrogen-bond donors (Lipinski definition) is 0. The van der Waals surface area contributed by atoms with Gasteiger partial charge < -0.3 is 9.47 Å². The van der Waals surface area contributed by atoms with E-state index in [0.29, 0.717) is 12.5 Å². The van der Waals surface area contributed by atoms with E-state index < -0.39 is 10.5 Å². The molecule has 0 bridgehead atoms. The number of cyclic esters (lactones) is 2. The van der Waals surface area contributed by atoms with E-state index in [1.165, 1.54) is 11.8 Å². The minimum atomic E-state index is -0.587. The summed E-state index contributed by atoms with van der Waals surface area (Å²) >= 11 is 13.2. The summed E-state index contributed by atoms with van der Waals surface area (Å²) in [5.74, 6) is 1.13. The Kier molecular flexibility index (Phi) is 2.55. The summed E-state index contributed by atoms with van der Waals surface area (Å²) in [6.45, 7) is 0.327. The van der Waals surface area contributed by atoms with Gasteiger partial charge in [-0.15, -0.1) is 35.0 Å². The molecule has 0 N–H and O–H groups in total. The van der Waals surface area contributed by atoms with E-state index in [9.17, 15) is 4.79 Å². The second-order valence-corrected chi connectivity index (χ2v) is 5.84. The molecular weight excluding hydrogens is 235 g/mol. The number of hydrogen-bond acceptors (Lipinski definition) is 4. The first-order valence-corrected chi connectivity index (χ1v) is 5.71. The van der Waals surface area contributed by atoms with Gasteiger partial charge in [0.2, 0.25) is 0 Å². The fourth-order valence-corrected chi connectivity index (χ4v) is 2.94. The third-order valence-corrected chi connectivity index (χ3v) is 4.13. The Balaban J connectivity index is 1.67. The molecule has 1 heterocycles. The lowest BCUT2D eigenvalue weighted by Gasteiger charge is -2.04. The van der Waals surface area contributed by atoms with Crippen LogP contribution in [0.4, 0.5) is 4.79 Å². The van der Waals surface area contributed by atoms with Crippen LogP contribution in [-0.4, -0.2) is 28.3 Å². The van der Waals surface area contributed by atoms with Crippen molar-refractivity contribution in [1.82, 2.24) is 0 Å². The molecule has 3 nitrogen and oxygen atoms in total. The Bertz CT molecular complexity index is 234. The monoisotopic (exact) mass is 242 g/mol. The molecule has 1 saturated heterocycles. The fourth-order valence-electron chi connectivity index (χ4n) is 1.07. The van der Waals surface area contributed by atoms with Gasteiger partial charge in [-0.3, -0.25) is 0 Å². The van der Waals surface area contributed by atoms with Crippen molar-refractivity contribution < 1.29 is 14.3 Å². The highest BCUT2D eigenvalue weighted by molar-refractivity contribution is 7.99. The molecule has 2 aliphatic rings. The van der Waals surface area contributed by atoms with Gasteiger partial charge in [0.15, 0.2) is 5.44 Å². The molecule has 1 aliphatic carbocycles. The Hall–Kier alpha value is 0.200. The quantitative estimate of drug-likeness (QED) is 0.563. The number of carbonyl (C=O) groups is 1. The lowest BCUT2D eigenvalue weighted by atomic mass is 10.5.